The van der Waals surface area contributed by atoms with Gasteiger partial charge in [0.05, 0.1) is 6.04 Å². The van der Waals surface area contributed by atoms with E-state index in [0.29, 0.717) is 29.2 Å². The van der Waals surface area contributed by atoms with Crippen molar-refractivity contribution in [2.24, 2.45) is 0 Å². The van der Waals surface area contributed by atoms with E-state index in [9.17, 15) is 4.79 Å². The van der Waals surface area contributed by atoms with Gasteiger partial charge in [-0.3, -0.25) is 9.36 Å². The normalized spacial score (nSPS) is 18.6. The van der Waals surface area contributed by atoms with Gasteiger partial charge in [0.25, 0.3) is 0 Å². The van der Waals surface area contributed by atoms with Crippen LogP contribution in [0.2, 0.25) is 5.15 Å². The van der Waals surface area contributed by atoms with Crippen molar-refractivity contribution in [3.05, 3.63) is 53.7 Å². The largest absolute Gasteiger partial charge is 0.454 e. The van der Waals surface area contributed by atoms with Crippen LogP contribution in [0.4, 0.5) is 5.82 Å². The molecule has 2 aliphatic heterocycles. The van der Waals surface area contributed by atoms with Crippen molar-refractivity contribution in [2.75, 3.05) is 18.2 Å². The number of hydrogen-bond donors (Lipinski definition) is 1. The number of rotatable bonds is 5. The number of nitrogens with one attached hydrogen (secondary N) is 1. The third-order valence-corrected chi connectivity index (χ3v) is 6.20. The first-order chi connectivity index (χ1) is 16.1. The summed E-state index contributed by atoms with van der Waals surface area (Å²) in [7, 11) is 0. The summed E-state index contributed by atoms with van der Waals surface area (Å²) in [5.41, 5.74) is 0.959. The maximum Gasteiger partial charge on any atom is 0.243 e. The summed E-state index contributed by atoms with van der Waals surface area (Å²) in [4.78, 5) is 28.6. The maximum absolute atomic E-state index is 13.5. The zero-order valence-electron chi connectivity index (χ0n) is 18.3. The van der Waals surface area contributed by atoms with Crippen molar-refractivity contribution >= 4 is 23.3 Å². The molecule has 5 rings (SSSR count). The van der Waals surface area contributed by atoms with Crippen molar-refractivity contribution < 1.29 is 14.3 Å². The third kappa shape index (κ3) is 4.59. The van der Waals surface area contributed by atoms with Crippen LogP contribution in [0.5, 0.6) is 11.5 Å². The quantitative estimate of drug-likeness (QED) is 0.571. The number of fused-ring (bicyclic) bond motifs is 1. The highest BCUT2D eigenvalue weighted by atomic mass is 35.5. The summed E-state index contributed by atoms with van der Waals surface area (Å²) in [6.07, 6.45) is 8.78. The first-order valence-corrected chi connectivity index (χ1v) is 11.5. The number of nitrogens with zero attached hydrogens (tertiary/aromatic N) is 5. The molecule has 172 valence electrons. The van der Waals surface area contributed by atoms with Crippen molar-refractivity contribution in [1.82, 2.24) is 24.8 Å². The molecule has 0 bridgehead atoms. The van der Waals surface area contributed by atoms with E-state index in [1.165, 1.54) is 0 Å². The predicted molar refractivity (Wildman–Crippen MR) is 123 cm³/mol. The standard InChI is InChI=1S/C23H25ClN6O3/c1-15(16-6-7-18-19(11-16)33-14-32-18)26-22(31)17-5-3-2-4-9-30(17)21-12-20(24)27-23(28-21)29-10-8-25-13-29/h6-8,10-13,15,17H,2-5,9,14H2,1H3,(H,26,31). The summed E-state index contributed by atoms with van der Waals surface area (Å²) >= 11 is 6.33. The molecule has 1 saturated heterocycles. The first-order valence-electron chi connectivity index (χ1n) is 11.1. The fourth-order valence-electron chi connectivity index (χ4n) is 4.26. The van der Waals surface area contributed by atoms with Crippen LogP contribution < -0.4 is 19.7 Å². The Balaban J connectivity index is 1.38. The van der Waals surface area contributed by atoms with E-state index in [0.717, 1.165) is 37.0 Å². The fraction of sp³-hybridized carbons (Fsp3) is 0.391. The predicted octanol–water partition coefficient (Wildman–Crippen LogP) is 3.67. The Morgan fingerprint density at radius 1 is 1.18 bits per heavy atom. The molecule has 1 aromatic carbocycles. The fourth-order valence-corrected chi connectivity index (χ4v) is 4.44. The van der Waals surface area contributed by atoms with E-state index in [1.807, 2.05) is 30.0 Å². The van der Waals surface area contributed by atoms with Gasteiger partial charge in [0.15, 0.2) is 11.5 Å². The number of ether oxygens (including phenoxy) is 2. The molecule has 1 N–H and O–H groups in total. The van der Waals surface area contributed by atoms with E-state index in [-0.39, 0.29) is 24.8 Å². The Labute approximate surface area is 196 Å². The zero-order chi connectivity index (χ0) is 22.8. The number of anilines is 1. The number of amides is 1. The van der Waals surface area contributed by atoms with Gasteiger partial charge in [0, 0.05) is 25.0 Å². The molecule has 0 spiro atoms. The van der Waals surface area contributed by atoms with E-state index < -0.39 is 0 Å². The summed E-state index contributed by atoms with van der Waals surface area (Å²) in [5, 5.41) is 3.49. The van der Waals surface area contributed by atoms with Crippen LogP contribution in [0.3, 0.4) is 0 Å². The van der Waals surface area contributed by atoms with Crippen molar-refractivity contribution in [2.45, 2.75) is 44.7 Å². The van der Waals surface area contributed by atoms with Crippen molar-refractivity contribution in [1.29, 1.82) is 0 Å². The van der Waals surface area contributed by atoms with Crippen LogP contribution in [0, 0.1) is 0 Å². The van der Waals surface area contributed by atoms with E-state index in [4.69, 9.17) is 26.1 Å². The van der Waals surface area contributed by atoms with Crippen LogP contribution in [-0.2, 0) is 4.79 Å². The van der Waals surface area contributed by atoms with Gasteiger partial charge < -0.3 is 19.7 Å². The summed E-state index contributed by atoms with van der Waals surface area (Å²) in [6, 6.07) is 6.91. The van der Waals surface area contributed by atoms with E-state index >= 15 is 0 Å². The number of imidazole rings is 1. The molecular weight excluding hydrogens is 444 g/mol. The second-order valence-corrected chi connectivity index (χ2v) is 8.61. The highest BCUT2D eigenvalue weighted by Gasteiger charge is 2.30. The number of hydrogen-bond acceptors (Lipinski definition) is 7. The van der Waals surface area contributed by atoms with Gasteiger partial charge in [0.2, 0.25) is 18.6 Å². The number of carbonyl (C=O) groups is 1. The average Bonchev–Trinajstić information content (AvgIpc) is 3.45. The van der Waals surface area contributed by atoms with Crippen LogP contribution in [-0.4, -0.2) is 44.8 Å². The maximum atomic E-state index is 13.5. The lowest BCUT2D eigenvalue weighted by molar-refractivity contribution is -0.123. The minimum absolute atomic E-state index is 0.0408. The monoisotopic (exact) mass is 468 g/mol. The van der Waals surface area contributed by atoms with Crippen LogP contribution in [0.1, 0.15) is 44.2 Å². The van der Waals surface area contributed by atoms with Gasteiger partial charge in [-0.15, -0.1) is 0 Å². The molecule has 2 atom stereocenters. The molecule has 4 heterocycles. The average molecular weight is 469 g/mol. The molecule has 2 aromatic heterocycles. The minimum atomic E-state index is -0.356. The molecule has 2 aliphatic rings. The second-order valence-electron chi connectivity index (χ2n) is 8.22. The van der Waals surface area contributed by atoms with Crippen molar-refractivity contribution in [3.63, 3.8) is 0 Å². The Morgan fingerprint density at radius 3 is 2.91 bits per heavy atom. The molecular formula is C23H25ClN6O3. The zero-order valence-corrected chi connectivity index (χ0v) is 19.0. The molecule has 0 radical (unpaired) electrons. The lowest BCUT2D eigenvalue weighted by atomic mass is 10.1. The summed E-state index contributed by atoms with van der Waals surface area (Å²) < 4.78 is 12.6. The van der Waals surface area contributed by atoms with Gasteiger partial charge in [-0.05, 0) is 37.5 Å². The van der Waals surface area contributed by atoms with Gasteiger partial charge in [-0.1, -0.05) is 30.5 Å². The number of benzene rings is 1. The van der Waals surface area contributed by atoms with Gasteiger partial charge in [0.1, 0.15) is 23.3 Å². The molecule has 1 fully saturated rings. The second kappa shape index (κ2) is 9.27. The van der Waals surface area contributed by atoms with Gasteiger partial charge >= 0.3 is 0 Å². The van der Waals surface area contributed by atoms with Crippen LogP contribution in [0.15, 0.2) is 43.0 Å². The summed E-state index contributed by atoms with van der Waals surface area (Å²) in [6.45, 7) is 2.90. The number of carbonyl (C=O) groups excluding carboxylic acids is 1. The molecule has 9 nitrogen and oxygen atoms in total. The summed E-state index contributed by atoms with van der Waals surface area (Å²) in [5.74, 6) is 2.44. The molecule has 33 heavy (non-hydrogen) atoms. The smallest absolute Gasteiger partial charge is 0.243 e. The third-order valence-electron chi connectivity index (χ3n) is 6.01. The Kier molecular flexibility index (Phi) is 6.04. The van der Waals surface area contributed by atoms with Crippen molar-refractivity contribution in [3.8, 4) is 17.4 Å². The number of halogens is 1. The lowest BCUT2D eigenvalue weighted by Crippen LogP contribution is -2.47. The Morgan fingerprint density at radius 2 is 2.06 bits per heavy atom. The SMILES string of the molecule is CC(NC(=O)C1CCCCCN1c1cc(Cl)nc(-n2ccnc2)n1)c1ccc2c(c1)OCO2. The lowest BCUT2D eigenvalue weighted by Gasteiger charge is -2.31. The molecule has 3 aromatic rings. The highest BCUT2D eigenvalue weighted by Crippen LogP contribution is 2.34. The number of aromatic nitrogens is 4. The van der Waals surface area contributed by atoms with Crippen LogP contribution in [0.25, 0.3) is 5.95 Å². The highest BCUT2D eigenvalue weighted by molar-refractivity contribution is 6.29. The van der Waals surface area contributed by atoms with Gasteiger partial charge in [-0.2, -0.15) is 4.98 Å². The minimum Gasteiger partial charge on any atom is -0.454 e. The van der Waals surface area contributed by atoms with Gasteiger partial charge in [-0.25, -0.2) is 9.97 Å². The molecule has 0 saturated carbocycles. The Hall–Kier alpha value is -3.33. The van der Waals surface area contributed by atoms with E-state index in [2.05, 4.69) is 15.3 Å². The molecule has 1 amide bonds. The molecule has 10 heteroatoms. The Bertz CT molecular complexity index is 1140. The first kappa shape index (κ1) is 21.5. The van der Waals surface area contributed by atoms with E-state index in [1.54, 1.807) is 29.4 Å². The topological polar surface area (TPSA) is 94.4 Å². The molecule has 0 aliphatic carbocycles. The van der Waals surface area contributed by atoms with Crippen LogP contribution >= 0.6 is 11.6 Å². The molecule has 2 unspecified atom stereocenters.